The third-order valence-corrected chi connectivity index (χ3v) is 5.50. The van der Waals surface area contributed by atoms with E-state index in [4.69, 9.17) is 31.5 Å². The van der Waals surface area contributed by atoms with Gasteiger partial charge in [-0.1, -0.05) is 41.9 Å². The first-order valence-electron chi connectivity index (χ1n) is 9.76. The summed E-state index contributed by atoms with van der Waals surface area (Å²) in [6.07, 6.45) is -1.74. The van der Waals surface area contributed by atoms with E-state index in [0.717, 1.165) is 5.56 Å². The average molecular weight is 464 g/mol. The SMILES string of the molecule is CC(=O)O[C@H]1[C@H](n2cnc3c(Cl)nc(N)nc32)OC(CO)(CO)[C@H]1OCc1ccccc1. The number of aromatic nitrogens is 4. The zero-order chi connectivity index (χ0) is 22.9. The number of aliphatic hydroxyl groups excluding tert-OH is 2. The molecule has 1 saturated heterocycles. The third-order valence-electron chi connectivity index (χ3n) is 5.23. The topological polar surface area (TPSA) is 155 Å². The van der Waals surface area contributed by atoms with Crippen LogP contribution in [0.4, 0.5) is 5.95 Å². The van der Waals surface area contributed by atoms with Crippen molar-refractivity contribution in [2.75, 3.05) is 18.9 Å². The van der Waals surface area contributed by atoms with Gasteiger partial charge in [-0.2, -0.15) is 9.97 Å². The largest absolute Gasteiger partial charge is 0.455 e. The molecular formula is C20H22ClN5O6. The Morgan fingerprint density at radius 3 is 2.66 bits per heavy atom. The Morgan fingerprint density at radius 1 is 1.28 bits per heavy atom. The molecule has 0 saturated carbocycles. The smallest absolute Gasteiger partial charge is 0.303 e. The summed E-state index contributed by atoms with van der Waals surface area (Å²) in [5, 5.41) is 20.4. The van der Waals surface area contributed by atoms with Crippen LogP contribution in [0.1, 0.15) is 18.7 Å². The van der Waals surface area contributed by atoms with Crippen molar-refractivity contribution in [2.24, 2.45) is 0 Å². The van der Waals surface area contributed by atoms with Gasteiger partial charge in [-0.15, -0.1) is 0 Å². The number of esters is 1. The second kappa shape index (κ2) is 8.96. The lowest BCUT2D eigenvalue weighted by molar-refractivity contribution is -0.164. The first kappa shape index (κ1) is 22.4. The molecule has 170 valence electrons. The van der Waals surface area contributed by atoms with Crippen LogP contribution in [-0.4, -0.2) is 66.7 Å². The summed E-state index contributed by atoms with van der Waals surface area (Å²) in [6, 6.07) is 9.30. The normalized spacial score (nSPS) is 22.3. The number of nitrogens with zero attached hydrogens (tertiary/aromatic N) is 4. The predicted molar refractivity (Wildman–Crippen MR) is 112 cm³/mol. The molecule has 0 aliphatic carbocycles. The van der Waals surface area contributed by atoms with Crippen LogP contribution in [0.25, 0.3) is 11.2 Å². The van der Waals surface area contributed by atoms with Crippen molar-refractivity contribution in [3.8, 4) is 0 Å². The molecule has 4 N–H and O–H groups in total. The van der Waals surface area contributed by atoms with E-state index in [2.05, 4.69) is 15.0 Å². The number of aliphatic hydroxyl groups is 2. The number of halogens is 1. The van der Waals surface area contributed by atoms with Crippen LogP contribution < -0.4 is 5.73 Å². The van der Waals surface area contributed by atoms with Gasteiger partial charge in [0.2, 0.25) is 5.95 Å². The highest BCUT2D eigenvalue weighted by atomic mass is 35.5. The van der Waals surface area contributed by atoms with Crippen LogP contribution in [0.2, 0.25) is 5.15 Å². The van der Waals surface area contributed by atoms with E-state index >= 15 is 0 Å². The van der Waals surface area contributed by atoms with E-state index in [1.807, 2.05) is 30.3 Å². The average Bonchev–Trinajstić information content (AvgIpc) is 3.32. The van der Waals surface area contributed by atoms with Crippen molar-refractivity contribution in [2.45, 2.75) is 37.6 Å². The Hall–Kier alpha value is -2.83. The monoisotopic (exact) mass is 463 g/mol. The zero-order valence-electron chi connectivity index (χ0n) is 17.1. The van der Waals surface area contributed by atoms with E-state index in [1.165, 1.54) is 17.8 Å². The van der Waals surface area contributed by atoms with Gasteiger partial charge in [-0.05, 0) is 5.56 Å². The number of rotatable bonds is 7. The summed E-state index contributed by atoms with van der Waals surface area (Å²) in [7, 11) is 0. The summed E-state index contributed by atoms with van der Waals surface area (Å²) in [6.45, 7) is 0.183. The summed E-state index contributed by atoms with van der Waals surface area (Å²) in [4.78, 5) is 24.2. The fourth-order valence-corrected chi connectivity index (χ4v) is 3.97. The Kier molecular flexibility index (Phi) is 6.26. The molecule has 2 aromatic heterocycles. The molecule has 0 spiro atoms. The number of hydrogen-bond acceptors (Lipinski definition) is 10. The molecule has 11 nitrogen and oxygen atoms in total. The van der Waals surface area contributed by atoms with Crippen LogP contribution in [0.3, 0.4) is 0 Å². The van der Waals surface area contributed by atoms with Gasteiger partial charge in [-0.25, -0.2) is 4.98 Å². The highest BCUT2D eigenvalue weighted by molar-refractivity contribution is 6.33. The molecule has 4 rings (SSSR count). The number of fused-ring (bicyclic) bond motifs is 1. The molecule has 1 aliphatic heterocycles. The highest BCUT2D eigenvalue weighted by Crippen LogP contribution is 2.42. The fraction of sp³-hybridized carbons (Fsp3) is 0.400. The quantitative estimate of drug-likeness (QED) is 0.339. The van der Waals surface area contributed by atoms with Crippen molar-refractivity contribution in [1.29, 1.82) is 0 Å². The van der Waals surface area contributed by atoms with Crippen molar-refractivity contribution in [3.63, 3.8) is 0 Å². The number of imidazole rings is 1. The molecule has 1 aliphatic rings. The molecule has 0 radical (unpaired) electrons. The summed E-state index contributed by atoms with van der Waals surface area (Å²) >= 11 is 6.12. The number of carbonyl (C=O) groups excluding carboxylic acids is 1. The lowest BCUT2D eigenvalue weighted by Crippen LogP contribution is -2.51. The standard InChI is InChI=1S/C20H22ClN5O6/c1-11(29)31-14-15(30-7-12-5-3-2-4-6-12)20(8-27,9-28)32-18(14)26-10-23-13-16(21)24-19(22)25-17(13)26/h2-6,10,14-15,18,27-28H,7-9H2,1H3,(H2,22,24,25)/t14-,15+,18-/m1/s1. The molecule has 0 amide bonds. The van der Waals surface area contributed by atoms with Crippen LogP contribution in [-0.2, 0) is 25.6 Å². The van der Waals surface area contributed by atoms with E-state index in [1.54, 1.807) is 0 Å². The molecule has 32 heavy (non-hydrogen) atoms. The van der Waals surface area contributed by atoms with Crippen molar-refractivity contribution >= 4 is 34.7 Å². The second-order valence-corrected chi connectivity index (χ2v) is 7.74. The van der Waals surface area contributed by atoms with Crippen LogP contribution in [0.5, 0.6) is 0 Å². The van der Waals surface area contributed by atoms with Crippen LogP contribution >= 0.6 is 11.6 Å². The number of nitrogens with two attached hydrogens (primary N) is 1. The molecule has 3 heterocycles. The van der Waals surface area contributed by atoms with Gasteiger partial charge < -0.3 is 30.2 Å². The summed E-state index contributed by atoms with van der Waals surface area (Å²) in [5.74, 6) is -0.682. The molecule has 1 aromatic carbocycles. The lowest BCUT2D eigenvalue weighted by atomic mass is 9.96. The molecular weight excluding hydrogens is 442 g/mol. The summed E-state index contributed by atoms with van der Waals surface area (Å²) < 4.78 is 19.1. The van der Waals surface area contributed by atoms with Gasteiger partial charge in [0.1, 0.15) is 17.2 Å². The molecule has 1 fully saturated rings. The Bertz CT molecular complexity index is 1110. The lowest BCUT2D eigenvalue weighted by Gasteiger charge is -2.31. The zero-order valence-corrected chi connectivity index (χ0v) is 17.8. The fourth-order valence-electron chi connectivity index (χ4n) is 3.75. The molecule has 3 atom stereocenters. The first-order chi connectivity index (χ1) is 15.4. The van der Waals surface area contributed by atoms with Gasteiger partial charge >= 0.3 is 5.97 Å². The van der Waals surface area contributed by atoms with Crippen molar-refractivity contribution < 1.29 is 29.2 Å². The van der Waals surface area contributed by atoms with E-state index in [0.29, 0.717) is 0 Å². The van der Waals surface area contributed by atoms with Gasteiger partial charge in [0.05, 0.1) is 26.1 Å². The van der Waals surface area contributed by atoms with E-state index < -0.39 is 43.2 Å². The van der Waals surface area contributed by atoms with Gasteiger partial charge in [-0.3, -0.25) is 9.36 Å². The maximum Gasteiger partial charge on any atom is 0.303 e. The van der Waals surface area contributed by atoms with Crippen molar-refractivity contribution in [1.82, 2.24) is 19.5 Å². The second-order valence-electron chi connectivity index (χ2n) is 7.38. The number of anilines is 1. The third kappa shape index (κ3) is 4.00. The minimum absolute atomic E-state index is 0.0424. The minimum atomic E-state index is -1.57. The maximum atomic E-state index is 11.9. The van der Waals surface area contributed by atoms with Gasteiger partial charge in [0, 0.05) is 6.92 Å². The molecule has 12 heteroatoms. The molecule has 0 unspecified atom stereocenters. The predicted octanol–water partition coefficient (Wildman–Crippen LogP) is 0.831. The Morgan fingerprint density at radius 2 is 2.00 bits per heavy atom. The maximum absolute atomic E-state index is 11.9. The molecule has 0 bridgehead atoms. The van der Waals surface area contributed by atoms with E-state index in [9.17, 15) is 15.0 Å². The van der Waals surface area contributed by atoms with Gasteiger partial charge in [0.15, 0.2) is 23.1 Å². The number of carbonyl (C=O) groups is 1. The Labute approximate surface area is 187 Å². The van der Waals surface area contributed by atoms with E-state index in [-0.39, 0.29) is 28.9 Å². The number of ether oxygens (including phenoxy) is 3. The van der Waals surface area contributed by atoms with Gasteiger partial charge in [0.25, 0.3) is 0 Å². The van der Waals surface area contributed by atoms with Crippen LogP contribution in [0.15, 0.2) is 36.7 Å². The minimum Gasteiger partial charge on any atom is -0.455 e. The first-order valence-corrected chi connectivity index (χ1v) is 10.1. The highest BCUT2D eigenvalue weighted by Gasteiger charge is 2.58. The number of nitrogen functional groups attached to an aromatic ring is 1. The molecule has 3 aromatic rings. The van der Waals surface area contributed by atoms with Crippen LogP contribution in [0, 0.1) is 0 Å². The number of benzene rings is 1. The Balaban J connectivity index is 1.76. The van der Waals surface area contributed by atoms with Crippen molar-refractivity contribution in [3.05, 3.63) is 47.4 Å². The number of hydrogen-bond donors (Lipinski definition) is 3. The summed E-state index contributed by atoms with van der Waals surface area (Å²) in [5.41, 5.74) is 5.51.